The fraction of sp³-hybridized carbons (Fsp3) is 0.0714. The Labute approximate surface area is 112 Å². The Morgan fingerprint density at radius 3 is 2.32 bits per heavy atom. The number of carbonyl (C=O) groups is 1. The van der Waals surface area contributed by atoms with Crippen molar-refractivity contribution in [3.8, 4) is 0 Å². The van der Waals surface area contributed by atoms with Crippen LogP contribution in [0.4, 0.5) is 5.69 Å². The van der Waals surface area contributed by atoms with Crippen LogP contribution in [0.2, 0.25) is 0 Å². The van der Waals surface area contributed by atoms with Crippen molar-refractivity contribution in [3.05, 3.63) is 60.2 Å². The van der Waals surface area contributed by atoms with Crippen LogP contribution in [0.3, 0.4) is 0 Å². The number of benzene rings is 2. The third-order valence-electron chi connectivity index (χ3n) is 2.57. The minimum Gasteiger partial charge on any atom is -0.295 e. The lowest BCUT2D eigenvalue weighted by Gasteiger charge is -2.08. The van der Waals surface area contributed by atoms with Crippen LogP contribution in [0.15, 0.2) is 59.5 Å². The lowest BCUT2D eigenvalue weighted by Crippen LogP contribution is -2.13. The van der Waals surface area contributed by atoms with E-state index < -0.39 is 10.0 Å². The summed E-state index contributed by atoms with van der Waals surface area (Å²) >= 11 is 0. The lowest BCUT2D eigenvalue weighted by atomic mass is 10.1. The van der Waals surface area contributed by atoms with E-state index in [9.17, 15) is 13.2 Å². The third-order valence-corrected chi connectivity index (χ3v) is 3.97. The Morgan fingerprint density at radius 2 is 1.68 bits per heavy atom. The molecule has 0 heterocycles. The molecule has 98 valence electrons. The fourth-order valence-corrected chi connectivity index (χ4v) is 2.69. The van der Waals surface area contributed by atoms with Crippen molar-refractivity contribution in [2.24, 2.45) is 0 Å². The van der Waals surface area contributed by atoms with Gasteiger partial charge in [0.05, 0.1) is 4.90 Å². The van der Waals surface area contributed by atoms with Crippen molar-refractivity contribution >= 4 is 21.5 Å². The second-order valence-corrected chi connectivity index (χ2v) is 5.74. The Balaban J connectivity index is 2.31. The minimum absolute atomic E-state index is 0.110. The highest BCUT2D eigenvalue weighted by Gasteiger charge is 2.13. The predicted molar refractivity (Wildman–Crippen MR) is 73.7 cm³/mol. The molecule has 2 rings (SSSR count). The molecule has 5 heteroatoms. The molecule has 0 aliphatic heterocycles. The van der Waals surface area contributed by atoms with E-state index in [1.807, 2.05) is 0 Å². The van der Waals surface area contributed by atoms with E-state index >= 15 is 0 Å². The molecule has 2 aromatic carbocycles. The monoisotopic (exact) mass is 275 g/mol. The second-order valence-electron chi connectivity index (χ2n) is 4.06. The summed E-state index contributed by atoms with van der Waals surface area (Å²) in [4.78, 5) is 11.4. The molecule has 1 N–H and O–H groups in total. The van der Waals surface area contributed by atoms with Crippen LogP contribution < -0.4 is 4.72 Å². The van der Waals surface area contributed by atoms with Crippen LogP contribution in [0.25, 0.3) is 0 Å². The summed E-state index contributed by atoms with van der Waals surface area (Å²) in [6.07, 6.45) is 0. The summed E-state index contributed by atoms with van der Waals surface area (Å²) in [6.45, 7) is 1.44. The summed E-state index contributed by atoms with van der Waals surface area (Å²) in [6, 6.07) is 14.5. The molecule has 4 nitrogen and oxygen atoms in total. The van der Waals surface area contributed by atoms with Crippen LogP contribution in [0.5, 0.6) is 0 Å². The number of ketones is 1. The maximum atomic E-state index is 12.1. The van der Waals surface area contributed by atoms with Crippen LogP contribution in [0.1, 0.15) is 17.3 Å². The van der Waals surface area contributed by atoms with Gasteiger partial charge >= 0.3 is 0 Å². The summed E-state index contributed by atoms with van der Waals surface area (Å²) in [5, 5.41) is 0. The van der Waals surface area contributed by atoms with E-state index in [4.69, 9.17) is 0 Å². The Bertz CT molecular complexity index is 694. The first-order valence-electron chi connectivity index (χ1n) is 5.68. The molecule has 0 atom stereocenters. The second kappa shape index (κ2) is 5.24. The zero-order valence-corrected chi connectivity index (χ0v) is 11.1. The fourth-order valence-electron chi connectivity index (χ4n) is 1.62. The zero-order chi connectivity index (χ0) is 13.9. The number of hydrogen-bond donors (Lipinski definition) is 1. The molecule has 0 spiro atoms. The zero-order valence-electron chi connectivity index (χ0n) is 10.3. The summed E-state index contributed by atoms with van der Waals surface area (Å²) < 4.78 is 26.6. The highest BCUT2D eigenvalue weighted by atomic mass is 32.2. The molecule has 0 bridgehead atoms. The number of Topliss-reactive ketones (excluding diaryl/α,β-unsaturated/α-hetero) is 1. The Kier molecular flexibility index (Phi) is 3.66. The Hall–Kier alpha value is -2.14. The molecular weight excluding hydrogens is 262 g/mol. The molecule has 0 amide bonds. The van der Waals surface area contributed by atoms with Crippen molar-refractivity contribution in [3.63, 3.8) is 0 Å². The molecule has 2 aromatic rings. The summed E-state index contributed by atoms with van der Waals surface area (Å²) in [5.74, 6) is -0.110. The van der Waals surface area contributed by atoms with E-state index in [0.717, 1.165) is 0 Å². The van der Waals surface area contributed by atoms with E-state index in [1.54, 1.807) is 36.4 Å². The average molecular weight is 275 g/mol. The Morgan fingerprint density at radius 1 is 1.00 bits per heavy atom. The van der Waals surface area contributed by atoms with Gasteiger partial charge in [-0.25, -0.2) is 8.42 Å². The van der Waals surface area contributed by atoms with Gasteiger partial charge in [-0.15, -0.1) is 0 Å². The van der Waals surface area contributed by atoms with Gasteiger partial charge in [0.15, 0.2) is 5.78 Å². The van der Waals surface area contributed by atoms with E-state index in [-0.39, 0.29) is 10.7 Å². The number of rotatable bonds is 4. The first kappa shape index (κ1) is 13.3. The number of sulfonamides is 1. The van der Waals surface area contributed by atoms with Crippen LogP contribution >= 0.6 is 0 Å². The first-order valence-corrected chi connectivity index (χ1v) is 7.16. The van der Waals surface area contributed by atoms with Crippen LogP contribution in [-0.2, 0) is 10.0 Å². The third kappa shape index (κ3) is 3.20. The molecule has 0 unspecified atom stereocenters. The van der Waals surface area contributed by atoms with Gasteiger partial charge in [-0.1, -0.05) is 30.3 Å². The van der Waals surface area contributed by atoms with Crippen molar-refractivity contribution in [1.29, 1.82) is 0 Å². The maximum Gasteiger partial charge on any atom is 0.261 e. The van der Waals surface area contributed by atoms with Crippen molar-refractivity contribution in [2.75, 3.05) is 4.72 Å². The molecule has 0 aromatic heterocycles. The van der Waals surface area contributed by atoms with Gasteiger partial charge < -0.3 is 0 Å². The SMILES string of the molecule is CC(=O)c1cccc(NS(=O)(=O)c2ccccc2)c1. The normalized spacial score (nSPS) is 11.0. The quantitative estimate of drug-likeness (QED) is 0.872. The number of hydrogen-bond acceptors (Lipinski definition) is 3. The highest BCUT2D eigenvalue weighted by Crippen LogP contribution is 2.17. The minimum atomic E-state index is -3.62. The molecule has 0 radical (unpaired) electrons. The molecule has 0 aliphatic carbocycles. The van der Waals surface area contributed by atoms with E-state index in [0.29, 0.717) is 11.3 Å². The smallest absolute Gasteiger partial charge is 0.261 e. The molecule has 0 saturated heterocycles. The van der Waals surface area contributed by atoms with Crippen molar-refractivity contribution < 1.29 is 13.2 Å². The molecule has 0 saturated carbocycles. The average Bonchev–Trinajstić information content (AvgIpc) is 2.39. The standard InChI is InChI=1S/C14H13NO3S/c1-11(16)12-6-5-7-13(10-12)15-19(17,18)14-8-3-2-4-9-14/h2-10,15H,1H3. The molecular formula is C14H13NO3S. The van der Waals surface area contributed by atoms with Gasteiger partial charge in [0.1, 0.15) is 0 Å². The van der Waals surface area contributed by atoms with Gasteiger partial charge in [-0.3, -0.25) is 9.52 Å². The van der Waals surface area contributed by atoms with Gasteiger partial charge in [-0.05, 0) is 31.2 Å². The number of anilines is 1. The van der Waals surface area contributed by atoms with Gasteiger partial charge in [-0.2, -0.15) is 0 Å². The van der Waals surface area contributed by atoms with E-state index in [1.165, 1.54) is 25.1 Å². The molecule has 19 heavy (non-hydrogen) atoms. The largest absolute Gasteiger partial charge is 0.295 e. The van der Waals surface area contributed by atoms with Crippen LogP contribution in [-0.4, -0.2) is 14.2 Å². The molecule has 0 aliphatic rings. The summed E-state index contributed by atoms with van der Waals surface area (Å²) in [7, 11) is -3.62. The lowest BCUT2D eigenvalue weighted by molar-refractivity contribution is 0.101. The predicted octanol–water partition coefficient (Wildman–Crippen LogP) is 2.69. The topological polar surface area (TPSA) is 63.2 Å². The van der Waals surface area contributed by atoms with Gasteiger partial charge in [0.25, 0.3) is 10.0 Å². The van der Waals surface area contributed by atoms with Gasteiger partial charge in [0, 0.05) is 11.3 Å². The highest BCUT2D eigenvalue weighted by molar-refractivity contribution is 7.92. The molecule has 0 fully saturated rings. The van der Waals surface area contributed by atoms with Crippen molar-refractivity contribution in [2.45, 2.75) is 11.8 Å². The van der Waals surface area contributed by atoms with E-state index in [2.05, 4.69) is 4.72 Å². The summed E-state index contributed by atoms with van der Waals surface area (Å²) in [5.41, 5.74) is 0.838. The van der Waals surface area contributed by atoms with Gasteiger partial charge in [0.2, 0.25) is 0 Å². The number of nitrogens with one attached hydrogen (secondary N) is 1. The number of carbonyl (C=O) groups excluding carboxylic acids is 1. The first-order chi connectivity index (χ1) is 8.99. The van der Waals surface area contributed by atoms with Crippen molar-refractivity contribution in [1.82, 2.24) is 0 Å². The van der Waals surface area contributed by atoms with Crippen LogP contribution in [0, 0.1) is 0 Å². The maximum absolute atomic E-state index is 12.1.